The lowest BCUT2D eigenvalue weighted by molar-refractivity contribution is -0.145. The van der Waals surface area contributed by atoms with Gasteiger partial charge < -0.3 is 47.7 Å². The zero-order valence-electron chi connectivity index (χ0n) is 21.5. The Kier molecular flexibility index (Phi) is 11.7. The summed E-state index contributed by atoms with van der Waals surface area (Å²) < 4.78 is 0. The molecule has 0 fully saturated rings. The second-order valence-electron chi connectivity index (χ2n) is 9.31. The lowest BCUT2D eigenvalue weighted by Crippen LogP contribution is -2.60. The highest BCUT2D eigenvalue weighted by molar-refractivity contribution is 5.94. The van der Waals surface area contributed by atoms with E-state index >= 15 is 0 Å². The summed E-state index contributed by atoms with van der Waals surface area (Å²) in [5, 5.41) is 37.2. The van der Waals surface area contributed by atoms with E-state index in [1.54, 1.807) is 6.20 Å². The van der Waals surface area contributed by atoms with Gasteiger partial charge in [0.2, 0.25) is 17.7 Å². The molecule has 0 bridgehead atoms. The van der Waals surface area contributed by atoms with Crippen molar-refractivity contribution in [2.45, 2.75) is 75.9 Å². The van der Waals surface area contributed by atoms with Gasteiger partial charge in [0.25, 0.3) is 0 Å². The Balaban J connectivity index is 2.10. The van der Waals surface area contributed by atoms with Crippen molar-refractivity contribution in [3.05, 3.63) is 36.0 Å². The number of H-pyrrole nitrogens is 1. The minimum Gasteiger partial charge on any atom is -0.480 e. The molecule has 11 N–H and O–H groups in total. The van der Waals surface area contributed by atoms with Crippen molar-refractivity contribution in [1.82, 2.24) is 20.9 Å². The summed E-state index contributed by atoms with van der Waals surface area (Å²) in [5.41, 5.74) is 13.3. The van der Waals surface area contributed by atoms with Gasteiger partial charge in [-0.05, 0) is 57.7 Å². The van der Waals surface area contributed by atoms with Crippen LogP contribution in [0.3, 0.4) is 0 Å². The Bertz CT molecular complexity index is 1100. The average Bonchev–Trinajstić information content (AvgIpc) is 3.26. The van der Waals surface area contributed by atoms with Gasteiger partial charge in [0.05, 0.1) is 18.2 Å². The standard InChI is InChI=1S/C25H38N6O7/c1-13(32)20(30-22(34)17(27)11-15-12-28-18-8-4-3-7-16(15)18)24(36)29-19(9-5-6-10-26)23(35)31-21(14(2)33)25(37)38/h3-4,7-8,12-14,17,19-21,28,32-33H,5-6,9-11,26-27H2,1-2H3,(H,29,36)(H,30,34)(H,31,35)(H,37,38). The van der Waals surface area contributed by atoms with Crippen molar-refractivity contribution < 1.29 is 34.5 Å². The Hall–Kier alpha value is -3.52. The zero-order chi connectivity index (χ0) is 28.4. The molecule has 0 aliphatic rings. The first-order chi connectivity index (χ1) is 18.0. The van der Waals surface area contributed by atoms with Gasteiger partial charge >= 0.3 is 5.97 Å². The molecular formula is C25H38N6O7. The third kappa shape index (κ3) is 8.52. The smallest absolute Gasteiger partial charge is 0.328 e. The molecular weight excluding hydrogens is 496 g/mol. The second kappa shape index (κ2) is 14.4. The summed E-state index contributed by atoms with van der Waals surface area (Å²) in [6, 6.07) is 2.25. The number of aromatic amines is 1. The number of nitrogens with two attached hydrogens (primary N) is 2. The van der Waals surface area contributed by atoms with Gasteiger partial charge in [-0.3, -0.25) is 14.4 Å². The fraction of sp³-hybridized carbons (Fsp3) is 0.520. The summed E-state index contributed by atoms with van der Waals surface area (Å²) in [4.78, 5) is 53.1. The number of aliphatic hydroxyl groups is 2. The Morgan fingerprint density at radius 3 is 2.16 bits per heavy atom. The summed E-state index contributed by atoms with van der Waals surface area (Å²) in [6.07, 6.45) is 0.279. The lowest BCUT2D eigenvalue weighted by atomic mass is 10.0. The number of aliphatic carboxylic acids is 1. The van der Waals surface area contributed by atoms with E-state index in [1.165, 1.54) is 13.8 Å². The molecule has 1 aromatic carbocycles. The normalized spacial score (nSPS) is 16.1. The first kappa shape index (κ1) is 30.7. The number of nitrogens with one attached hydrogen (secondary N) is 4. The largest absolute Gasteiger partial charge is 0.480 e. The van der Waals surface area contributed by atoms with Gasteiger partial charge in [-0.2, -0.15) is 0 Å². The number of carboxylic acids is 1. The van der Waals surface area contributed by atoms with Crippen molar-refractivity contribution in [2.75, 3.05) is 6.54 Å². The van der Waals surface area contributed by atoms with Crippen LogP contribution in [0.1, 0.15) is 38.7 Å². The van der Waals surface area contributed by atoms with Gasteiger partial charge in [-0.15, -0.1) is 0 Å². The number of amides is 3. The van der Waals surface area contributed by atoms with Crippen LogP contribution in [-0.2, 0) is 25.6 Å². The molecule has 0 aliphatic heterocycles. The molecule has 1 aromatic heterocycles. The molecule has 13 heteroatoms. The van der Waals surface area contributed by atoms with Crippen molar-refractivity contribution in [2.24, 2.45) is 11.5 Å². The van der Waals surface area contributed by atoms with Gasteiger partial charge in [0.15, 0.2) is 6.04 Å². The maximum Gasteiger partial charge on any atom is 0.328 e. The number of hydrogen-bond acceptors (Lipinski definition) is 8. The van der Waals surface area contributed by atoms with E-state index in [1.807, 2.05) is 24.3 Å². The summed E-state index contributed by atoms with van der Waals surface area (Å²) in [7, 11) is 0. The maximum atomic E-state index is 13.0. The van der Waals surface area contributed by atoms with Crippen LogP contribution >= 0.6 is 0 Å². The van der Waals surface area contributed by atoms with Gasteiger partial charge in [-0.25, -0.2) is 4.79 Å². The minimum absolute atomic E-state index is 0.113. The predicted octanol–water partition coefficient (Wildman–Crippen LogP) is -1.53. The van der Waals surface area contributed by atoms with Gasteiger partial charge in [-0.1, -0.05) is 18.2 Å². The van der Waals surface area contributed by atoms with Crippen molar-refractivity contribution >= 4 is 34.6 Å². The van der Waals surface area contributed by atoms with Crippen LogP contribution in [0, 0.1) is 0 Å². The van der Waals surface area contributed by atoms with Crippen LogP contribution in [-0.4, -0.2) is 86.9 Å². The number of unbranched alkanes of at least 4 members (excludes halogenated alkanes) is 1. The van der Waals surface area contributed by atoms with Crippen LogP contribution in [0.2, 0.25) is 0 Å². The zero-order valence-corrected chi connectivity index (χ0v) is 21.5. The molecule has 13 nitrogen and oxygen atoms in total. The fourth-order valence-corrected chi connectivity index (χ4v) is 3.96. The summed E-state index contributed by atoms with van der Waals surface area (Å²) in [5.74, 6) is -3.82. The molecule has 0 radical (unpaired) electrons. The van der Waals surface area contributed by atoms with Crippen LogP contribution in [0.4, 0.5) is 0 Å². The van der Waals surface area contributed by atoms with Crippen LogP contribution in [0.15, 0.2) is 30.5 Å². The number of carbonyl (C=O) groups excluding carboxylic acids is 3. The molecule has 0 spiro atoms. The third-order valence-electron chi connectivity index (χ3n) is 6.14. The highest BCUT2D eigenvalue weighted by Crippen LogP contribution is 2.18. The van der Waals surface area contributed by atoms with Crippen LogP contribution in [0.5, 0.6) is 0 Å². The van der Waals surface area contributed by atoms with E-state index in [2.05, 4.69) is 20.9 Å². The number of aliphatic hydroxyl groups excluding tert-OH is 2. The number of para-hydroxylation sites is 1. The maximum absolute atomic E-state index is 13.0. The Morgan fingerprint density at radius 1 is 0.921 bits per heavy atom. The molecule has 2 aromatic rings. The van der Waals surface area contributed by atoms with Crippen LogP contribution < -0.4 is 27.4 Å². The fourth-order valence-electron chi connectivity index (χ4n) is 3.96. The van der Waals surface area contributed by atoms with Crippen molar-refractivity contribution in [3.63, 3.8) is 0 Å². The quantitative estimate of drug-likeness (QED) is 0.120. The number of rotatable bonds is 15. The number of benzene rings is 1. The first-order valence-electron chi connectivity index (χ1n) is 12.5. The van der Waals surface area contributed by atoms with E-state index in [4.69, 9.17) is 11.5 Å². The highest BCUT2D eigenvalue weighted by Gasteiger charge is 2.33. The SMILES string of the molecule is CC(O)C(NC(=O)C(CCCCN)NC(=O)C(NC(=O)C(N)Cc1c[nH]c2ccccc12)C(C)O)C(=O)O. The van der Waals surface area contributed by atoms with Crippen LogP contribution in [0.25, 0.3) is 10.9 Å². The van der Waals surface area contributed by atoms with E-state index in [0.717, 1.165) is 16.5 Å². The summed E-state index contributed by atoms with van der Waals surface area (Å²) in [6.45, 7) is 2.85. The second-order valence-corrected chi connectivity index (χ2v) is 9.31. The minimum atomic E-state index is -1.59. The summed E-state index contributed by atoms with van der Waals surface area (Å²) >= 11 is 0. The third-order valence-corrected chi connectivity index (χ3v) is 6.14. The molecule has 2 rings (SSSR count). The Morgan fingerprint density at radius 2 is 1.55 bits per heavy atom. The molecule has 1 heterocycles. The molecule has 38 heavy (non-hydrogen) atoms. The predicted molar refractivity (Wildman–Crippen MR) is 140 cm³/mol. The number of hydrogen-bond donors (Lipinski definition) is 9. The van der Waals surface area contributed by atoms with Gasteiger partial charge in [0, 0.05) is 17.1 Å². The average molecular weight is 535 g/mol. The number of fused-ring (bicyclic) bond motifs is 1. The first-order valence-corrected chi connectivity index (χ1v) is 12.5. The van der Waals surface area contributed by atoms with Crippen molar-refractivity contribution in [3.8, 4) is 0 Å². The number of carboxylic acid groups (broad SMARTS) is 1. The molecule has 0 aliphatic carbocycles. The molecule has 0 saturated carbocycles. The van der Waals surface area contributed by atoms with Gasteiger partial charge in [0.1, 0.15) is 12.1 Å². The van der Waals surface area contributed by atoms with E-state index in [-0.39, 0.29) is 12.8 Å². The monoisotopic (exact) mass is 534 g/mol. The Labute approximate surface area is 220 Å². The van der Waals surface area contributed by atoms with E-state index < -0.39 is 60.1 Å². The molecule has 0 saturated heterocycles. The molecule has 210 valence electrons. The lowest BCUT2D eigenvalue weighted by Gasteiger charge is -2.27. The van der Waals surface area contributed by atoms with E-state index in [0.29, 0.717) is 19.4 Å². The van der Waals surface area contributed by atoms with E-state index in [9.17, 15) is 34.5 Å². The molecule has 3 amide bonds. The number of carbonyl (C=O) groups is 4. The topological polar surface area (TPSA) is 233 Å². The number of aromatic nitrogens is 1. The van der Waals surface area contributed by atoms with Crippen molar-refractivity contribution in [1.29, 1.82) is 0 Å². The molecule has 6 unspecified atom stereocenters. The highest BCUT2D eigenvalue weighted by atomic mass is 16.4. The molecule has 6 atom stereocenters.